The fraction of sp³-hybridized carbons (Fsp3) is 0.312. The monoisotopic (exact) mass is 301 g/mol. The molecule has 2 heterocycles. The summed E-state index contributed by atoms with van der Waals surface area (Å²) >= 11 is 0. The van der Waals surface area contributed by atoms with E-state index in [2.05, 4.69) is 9.97 Å². The van der Waals surface area contributed by atoms with Crippen molar-refractivity contribution in [2.24, 2.45) is 0 Å². The van der Waals surface area contributed by atoms with Crippen molar-refractivity contribution in [3.05, 3.63) is 54.0 Å². The number of alkyl halides is 1. The predicted octanol–water partition coefficient (Wildman–Crippen LogP) is 2.64. The smallest absolute Gasteiger partial charge is 0.356 e. The Morgan fingerprint density at radius 1 is 1.14 bits per heavy atom. The Bertz CT molecular complexity index is 653. The maximum Gasteiger partial charge on any atom is 0.356 e. The highest BCUT2D eigenvalue weighted by atomic mass is 19.1. The van der Waals surface area contributed by atoms with E-state index in [0.29, 0.717) is 37.3 Å². The van der Waals surface area contributed by atoms with Gasteiger partial charge in [0, 0.05) is 25.9 Å². The van der Waals surface area contributed by atoms with Gasteiger partial charge in [-0.3, -0.25) is 0 Å². The SMILES string of the molecule is O=C(O)c1cnc(N2CCC(F)(c3ccccc3)CC2)cn1. The number of aromatic nitrogens is 2. The van der Waals surface area contributed by atoms with Crippen LogP contribution >= 0.6 is 0 Å². The highest BCUT2D eigenvalue weighted by Crippen LogP contribution is 2.37. The third-order valence-electron chi connectivity index (χ3n) is 4.03. The molecule has 2 aromatic rings. The van der Waals surface area contributed by atoms with Crippen LogP contribution < -0.4 is 4.90 Å². The lowest BCUT2D eigenvalue weighted by atomic mass is 9.86. The molecule has 0 amide bonds. The first-order valence-corrected chi connectivity index (χ1v) is 7.13. The Morgan fingerprint density at radius 3 is 2.36 bits per heavy atom. The molecule has 3 rings (SSSR count). The van der Waals surface area contributed by atoms with Gasteiger partial charge in [-0.1, -0.05) is 30.3 Å². The molecule has 0 atom stereocenters. The van der Waals surface area contributed by atoms with E-state index in [1.165, 1.54) is 12.4 Å². The zero-order valence-electron chi connectivity index (χ0n) is 11.9. The molecular formula is C16H16FN3O2. The number of nitrogens with zero attached hydrogens (tertiary/aromatic N) is 3. The fourth-order valence-corrected chi connectivity index (χ4v) is 2.71. The maximum absolute atomic E-state index is 15.0. The highest BCUT2D eigenvalue weighted by molar-refractivity contribution is 5.84. The number of aromatic carboxylic acids is 1. The van der Waals surface area contributed by atoms with Crippen molar-refractivity contribution in [3.8, 4) is 0 Å². The Hall–Kier alpha value is -2.50. The van der Waals surface area contributed by atoms with Crippen LogP contribution in [-0.2, 0) is 5.67 Å². The van der Waals surface area contributed by atoms with E-state index in [0.717, 1.165) is 0 Å². The molecule has 1 fully saturated rings. The molecule has 1 aromatic carbocycles. The summed E-state index contributed by atoms with van der Waals surface area (Å²) in [5.74, 6) is -0.523. The van der Waals surface area contributed by atoms with Gasteiger partial charge in [0.05, 0.1) is 12.4 Å². The maximum atomic E-state index is 15.0. The highest BCUT2D eigenvalue weighted by Gasteiger charge is 2.36. The summed E-state index contributed by atoms with van der Waals surface area (Å²) in [6.45, 7) is 1.04. The van der Waals surface area contributed by atoms with Crippen molar-refractivity contribution < 1.29 is 14.3 Å². The van der Waals surface area contributed by atoms with Crippen LogP contribution in [-0.4, -0.2) is 34.1 Å². The molecule has 1 aromatic heterocycles. The van der Waals surface area contributed by atoms with E-state index in [1.54, 1.807) is 0 Å². The summed E-state index contributed by atoms with van der Waals surface area (Å²) in [7, 11) is 0. The van der Waals surface area contributed by atoms with Crippen LogP contribution in [0.2, 0.25) is 0 Å². The van der Waals surface area contributed by atoms with Crippen molar-refractivity contribution in [3.63, 3.8) is 0 Å². The van der Waals surface area contributed by atoms with Crippen molar-refractivity contribution in [1.29, 1.82) is 0 Å². The number of halogens is 1. The number of anilines is 1. The second-order valence-corrected chi connectivity index (χ2v) is 5.38. The fourth-order valence-electron chi connectivity index (χ4n) is 2.71. The first-order chi connectivity index (χ1) is 10.6. The second-order valence-electron chi connectivity index (χ2n) is 5.38. The number of hydrogen-bond donors (Lipinski definition) is 1. The Morgan fingerprint density at radius 2 is 1.82 bits per heavy atom. The Labute approximate surface area is 127 Å². The van der Waals surface area contributed by atoms with Crippen LogP contribution in [0, 0.1) is 0 Å². The normalized spacial score (nSPS) is 17.2. The lowest BCUT2D eigenvalue weighted by Gasteiger charge is -2.37. The van der Waals surface area contributed by atoms with Gasteiger partial charge >= 0.3 is 5.97 Å². The predicted molar refractivity (Wildman–Crippen MR) is 79.7 cm³/mol. The number of carbonyl (C=O) groups is 1. The third-order valence-corrected chi connectivity index (χ3v) is 4.03. The van der Waals surface area contributed by atoms with Gasteiger partial charge in [0.25, 0.3) is 0 Å². The topological polar surface area (TPSA) is 66.3 Å². The van der Waals surface area contributed by atoms with Gasteiger partial charge in [-0.15, -0.1) is 0 Å². The molecule has 0 saturated carbocycles. The van der Waals surface area contributed by atoms with E-state index >= 15 is 4.39 Å². The number of piperidine rings is 1. The van der Waals surface area contributed by atoms with E-state index in [4.69, 9.17) is 5.11 Å². The molecule has 5 nitrogen and oxygen atoms in total. The number of carboxylic acids is 1. The molecule has 22 heavy (non-hydrogen) atoms. The molecule has 1 N–H and O–H groups in total. The number of rotatable bonds is 3. The van der Waals surface area contributed by atoms with Gasteiger partial charge in [0.1, 0.15) is 11.5 Å². The van der Waals surface area contributed by atoms with Crippen molar-refractivity contribution in [1.82, 2.24) is 9.97 Å². The second kappa shape index (κ2) is 5.71. The first kappa shape index (κ1) is 14.4. The lowest BCUT2D eigenvalue weighted by molar-refractivity contribution is 0.0690. The van der Waals surface area contributed by atoms with Crippen molar-refractivity contribution in [2.75, 3.05) is 18.0 Å². The minimum Gasteiger partial charge on any atom is -0.476 e. The average Bonchev–Trinajstić information content (AvgIpc) is 2.56. The van der Waals surface area contributed by atoms with E-state index in [1.807, 2.05) is 35.2 Å². The summed E-state index contributed by atoms with van der Waals surface area (Å²) in [6, 6.07) is 9.20. The van der Waals surface area contributed by atoms with Crippen molar-refractivity contribution >= 4 is 11.8 Å². The van der Waals surface area contributed by atoms with Gasteiger partial charge in [-0.25, -0.2) is 19.2 Å². The van der Waals surface area contributed by atoms with Gasteiger partial charge < -0.3 is 10.0 Å². The molecule has 1 aliphatic heterocycles. The molecular weight excluding hydrogens is 285 g/mol. The molecule has 0 radical (unpaired) electrons. The Balaban J connectivity index is 1.70. The van der Waals surface area contributed by atoms with Crippen LogP contribution in [0.5, 0.6) is 0 Å². The molecule has 0 aliphatic carbocycles. The Kier molecular flexibility index (Phi) is 3.75. The quantitative estimate of drug-likeness (QED) is 0.944. The summed E-state index contributed by atoms with van der Waals surface area (Å²) in [4.78, 5) is 20.6. The van der Waals surface area contributed by atoms with E-state index in [9.17, 15) is 4.79 Å². The molecule has 0 bridgehead atoms. The lowest BCUT2D eigenvalue weighted by Crippen LogP contribution is -2.40. The molecule has 1 aliphatic rings. The number of benzene rings is 1. The van der Waals surface area contributed by atoms with E-state index < -0.39 is 11.6 Å². The summed E-state index contributed by atoms with van der Waals surface area (Å²) < 4.78 is 15.0. The first-order valence-electron chi connectivity index (χ1n) is 7.13. The van der Waals surface area contributed by atoms with Gasteiger partial charge in [0.15, 0.2) is 5.69 Å². The standard InChI is InChI=1S/C16H16FN3O2/c17-16(12-4-2-1-3-5-12)6-8-20(9-7-16)14-11-18-13(10-19-14)15(21)22/h1-5,10-11H,6-9H2,(H,21,22). The molecule has 6 heteroatoms. The summed E-state index contributed by atoms with van der Waals surface area (Å²) in [5, 5.41) is 8.82. The van der Waals surface area contributed by atoms with Crippen LogP contribution in [0.3, 0.4) is 0 Å². The van der Waals surface area contributed by atoms with Crippen LogP contribution in [0.1, 0.15) is 28.9 Å². The zero-order chi connectivity index (χ0) is 15.6. The summed E-state index contributed by atoms with van der Waals surface area (Å²) in [6.07, 6.45) is 3.40. The number of carboxylic acid groups (broad SMARTS) is 1. The van der Waals surface area contributed by atoms with Gasteiger partial charge in [-0.05, 0) is 5.56 Å². The third kappa shape index (κ3) is 2.77. The molecule has 1 saturated heterocycles. The number of hydrogen-bond acceptors (Lipinski definition) is 4. The summed E-state index contributed by atoms with van der Waals surface area (Å²) in [5.41, 5.74) is -0.696. The molecule has 0 spiro atoms. The minimum atomic E-state index is -1.31. The van der Waals surface area contributed by atoms with Gasteiger partial charge in [0.2, 0.25) is 0 Å². The molecule has 0 unspecified atom stereocenters. The zero-order valence-corrected chi connectivity index (χ0v) is 11.9. The van der Waals surface area contributed by atoms with Crippen molar-refractivity contribution in [2.45, 2.75) is 18.5 Å². The van der Waals surface area contributed by atoms with Crippen LogP contribution in [0.4, 0.5) is 10.2 Å². The molecule has 114 valence electrons. The minimum absolute atomic E-state index is 0.0927. The van der Waals surface area contributed by atoms with E-state index in [-0.39, 0.29) is 5.69 Å². The van der Waals surface area contributed by atoms with Crippen LogP contribution in [0.15, 0.2) is 42.7 Å². The average molecular weight is 301 g/mol. The van der Waals surface area contributed by atoms with Gasteiger partial charge in [-0.2, -0.15) is 0 Å². The van der Waals surface area contributed by atoms with Crippen LogP contribution in [0.25, 0.3) is 0 Å². The largest absolute Gasteiger partial charge is 0.476 e.